The SMILES string of the molecule is CN=C(NCc1ccc(C(=O)N(C)C)cc1)NCc1c(F)cccc1OC(F)F.I. The quantitative estimate of drug-likeness (QED) is 0.323. The molecule has 0 saturated carbocycles. The Bertz CT molecular complexity index is 862. The minimum Gasteiger partial charge on any atom is -0.434 e. The first-order chi connectivity index (χ1) is 13.8. The van der Waals surface area contributed by atoms with Crippen LogP contribution in [0.5, 0.6) is 5.75 Å². The fraction of sp³-hybridized carbons (Fsp3) is 0.300. The number of nitrogens with zero attached hydrogens (tertiary/aromatic N) is 2. The zero-order valence-electron chi connectivity index (χ0n) is 16.8. The second-order valence-corrected chi connectivity index (χ2v) is 6.27. The predicted molar refractivity (Wildman–Crippen MR) is 120 cm³/mol. The first-order valence-corrected chi connectivity index (χ1v) is 8.79. The van der Waals surface area contributed by atoms with Crippen LogP contribution in [0.25, 0.3) is 0 Å². The van der Waals surface area contributed by atoms with Gasteiger partial charge in [0.1, 0.15) is 11.6 Å². The van der Waals surface area contributed by atoms with Crippen LogP contribution in [0.2, 0.25) is 0 Å². The molecule has 0 bridgehead atoms. The molecule has 0 aliphatic carbocycles. The summed E-state index contributed by atoms with van der Waals surface area (Å²) in [6, 6.07) is 10.8. The maximum Gasteiger partial charge on any atom is 0.387 e. The summed E-state index contributed by atoms with van der Waals surface area (Å²) in [4.78, 5) is 17.4. The third-order valence-corrected chi connectivity index (χ3v) is 4.02. The topological polar surface area (TPSA) is 66.0 Å². The molecule has 0 radical (unpaired) electrons. The fourth-order valence-corrected chi connectivity index (χ4v) is 2.52. The molecule has 0 spiro atoms. The summed E-state index contributed by atoms with van der Waals surface area (Å²) >= 11 is 0. The van der Waals surface area contributed by atoms with Gasteiger partial charge in [-0.05, 0) is 29.8 Å². The number of carbonyl (C=O) groups excluding carboxylic acids is 1. The molecule has 0 unspecified atom stereocenters. The van der Waals surface area contributed by atoms with Crippen molar-refractivity contribution in [2.24, 2.45) is 4.99 Å². The fourth-order valence-electron chi connectivity index (χ4n) is 2.52. The van der Waals surface area contributed by atoms with Crippen molar-refractivity contribution in [3.63, 3.8) is 0 Å². The van der Waals surface area contributed by atoms with Gasteiger partial charge >= 0.3 is 6.61 Å². The number of rotatable bonds is 7. The predicted octanol–water partition coefficient (Wildman–Crippen LogP) is 3.61. The molecule has 0 aliphatic rings. The molecule has 1 amide bonds. The maximum atomic E-state index is 14.0. The second-order valence-electron chi connectivity index (χ2n) is 6.27. The number of guanidine groups is 1. The third kappa shape index (κ3) is 7.39. The Kier molecular flexibility index (Phi) is 10.4. The molecule has 6 nitrogen and oxygen atoms in total. The van der Waals surface area contributed by atoms with Crippen LogP contribution < -0.4 is 15.4 Å². The van der Waals surface area contributed by atoms with Crippen molar-refractivity contribution in [1.82, 2.24) is 15.5 Å². The molecule has 10 heteroatoms. The minimum absolute atomic E-state index is 0. The lowest BCUT2D eigenvalue weighted by Crippen LogP contribution is -2.36. The smallest absolute Gasteiger partial charge is 0.387 e. The van der Waals surface area contributed by atoms with Crippen molar-refractivity contribution in [3.8, 4) is 5.75 Å². The highest BCUT2D eigenvalue weighted by molar-refractivity contribution is 14.0. The summed E-state index contributed by atoms with van der Waals surface area (Å²) in [6.07, 6.45) is 0. The van der Waals surface area contributed by atoms with E-state index in [1.54, 1.807) is 26.2 Å². The minimum atomic E-state index is -3.05. The highest BCUT2D eigenvalue weighted by Gasteiger charge is 2.14. The van der Waals surface area contributed by atoms with Gasteiger partial charge in [0, 0.05) is 45.4 Å². The van der Waals surface area contributed by atoms with E-state index < -0.39 is 12.4 Å². The number of benzene rings is 2. The number of carbonyl (C=O) groups is 1. The van der Waals surface area contributed by atoms with Crippen LogP contribution in [0, 0.1) is 5.82 Å². The summed E-state index contributed by atoms with van der Waals surface area (Å²) in [5.41, 5.74) is 1.45. The Labute approximate surface area is 190 Å². The van der Waals surface area contributed by atoms with E-state index in [1.807, 2.05) is 12.1 Å². The third-order valence-electron chi connectivity index (χ3n) is 4.02. The normalized spacial score (nSPS) is 11.0. The Hall–Kier alpha value is -2.50. The standard InChI is InChI=1S/C20H23F3N4O2.HI/c1-24-20(25-11-13-7-9-14(10-8-13)18(28)27(2)3)26-12-15-16(21)5-4-6-17(15)29-19(22)23;/h4-10,19H,11-12H2,1-3H3,(H2,24,25,26);1H. The van der Waals surface area contributed by atoms with E-state index in [0.717, 1.165) is 5.56 Å². The van der Waals surface area contributed by atoms with Gasteiger partial charge < -0.3 is 20.3 Å². The van der Waals surface area contributed by atoms with Crippen molar-refractivity contribution in [2.45, 2.75) is 19.7 Å². The molecule has 2 N–H and O–H groups in total. The van der Waals surface area contributed by atoms with Crippen LogP contribution in [0.1, 0.15) is 21.5 Å². The highest BCUT2D eigenvalue weighted by Crippen LogP contribution is 2.23. The Morgan fingerprint density at radius 2 is 1.73 bits per heavy atom. The molecular formula is C20H24F3IN4O2. The van der Waals surface area contributed by atoms with E-state index in [-0.39, 0.29) is 47.7 Å². The van der Waals surface area contributed by atoms with E-state index >= 15 is 0 Å². The van der Waals surface area contributed by atoms with Gasteiger partial charge in [0.05, 0.1) is 0 Å². The Morgan fingerprint density at radius 3 is 2.30 bits per heavy atom. The molecule has 30 heavy (non-hydrogen) atoms. The summed E-state index contributed by atoms with van der Waals surface area (Å²) in [6.45, 7) is -2.74. The number of nitrogens with one attached hydrogen (secondary N) is 2. The van der Waals surface area contributed by atoms with E-state index in [4.69, 9.17) is 0 Å². The van der Waals surface area contributed by atoms with Gasteiger partial charge in [-0.25, -0.2) is 4.39 Å². The molecule has 2 aromatic carbocycles. The molecule has 0 heterocycles. The number of alkyl halides is 2. The lowest BCUT2D eigenvalue weighted by Gasteiger charge is -2.15. The van der Waals surface area contributed by atoms with Gasteiger partial charge in [0.15, 0.2) is 5.96 Å². The van der Waals surface area contributed by atoms with Crippen LogP contribution >= 0.6 is 24.0 Å². The highest BCUT2D eigenvalue weighted by atomic mass is 127. The van der Waals surface area contributed by atoms with Crippen molar-refractivity contribution < 1.29 is 22.7 Å². The van der Waals surface area contributed by atoms with Crippen molar-refractivity contribution in [1.29, 1.82) is 0 Å². The summed E-state index contributed by atoms with van der Waals surface area (Å²) < 4.78 is 43.4. The van der Waals surface area contributed by atoms with Crippen molar-refractivity contribution >= 4 is 35.8 Å². The van der Waals surface area contributed by atoms with E-state index in [2.05, 4.69) is 20.4 Å². The molecule has 0 aliphatic heterocycles. The molecule has 0 fully saturated rings. The monoisotopic (exact) mass is 536 g/mol. The molecule has 2 aromatic rings. The van der Waals surface area contributed by atoms with Gasteiger partial charge in [-0.1, -0.05) is 18.2 Å². The molecular weight excluding hydrogens is 512 g/mol. The van der Waals surface area contributed by atoms with Crippen LogP contribution in [0.4, 0.5) is 13.2 Å². The van der Waals surface area contributed by atoms with Gasteiger partial charge in [-0.3, -0.25) is 9.79 Å². The Balaban J connectivity index is 0.00000450. The summed E-state index contributed by atoms with van der Waals surface area (Å²) in [5.74, 6) is -0.630. The van der Waals surface area contributed by atoms with Gasteiger partial charge in [-0.2, -0.15) is 8.78 Å². The number of hydrogen-bond donors (Lipinski definition) is 2. The molecule has 0 atom stereocenters. The lowest BCUT2D eigenvalue weighted by molar-refractivity contribution is -0.0506. The van der Waals surface area contributed by atoms with Crippen LogP contribution in [0.3, 0.4) is 0 Å². The van der Waals surface area contributed by atoms with Crippen LogP contribution in [-0.4, -0.2) is 44.5 Å². The lowest BCUT2D eigenvalue weighted by atomic mass is 10.1. The summed E-state index contributed by atoms with van der Waals surface area (Å²) in [5, 5.41) is 5.91. The number of halogens is 4. The molecule has 164 valence electrons. The van der Waals surface area contributed by atoms with Crippen molar-refractivity contribution in [3.05, 3.63) is 65.0 Å². The zero-order valence-corrected chi connectivity index (χ0v) is 19.1. The number of aliphatic imine (C=N–C) groups is 1. The molecule has 2 rings (SSSR count). The summed E-state index contributed by atoms with van der Waals surface area (Å²) in [7, 11) is 4.90. The van der Waals surface area contributed by atoms with Gasteiger partial charge in [0.25, 0.3) is 5.91 Å². The number of hydrogen-bond acceptors (Lipinski definition) is 3. The van der Waals surface area contributed by atoms with Crippen LogP contribution in [-0.2, 0) is 13.1 Å². The van der Waals surface area contributed by atoms with Gasteiger partial charge in [-0.15, -0.1) is 24.0 Å². The van der Waals surface area contributed by atoms with Crippen LogP contribution in [0.15, 0.2) is 47.5 Å². The maximum absolute atomic E-state index is 14.0. The average Bonchev–Trinajstić information content (AvgIpc) is 2.69. The first kappa shape index (κ1) is 25.5. The largest absolute Gasteiger partial charge is 0.434 e. The molecule has 0 saturated heterocycles. The number of amides is 1. The first-order valence-electron chi connectivity index (χ1n) is 8.79. The van der Waals surface area contributed by atoms with Crippen molar-refractivity contribution in [2.75, 3.05) is 21.1 Å². The van der Waals surface area contributed by atoms with E-state index in [9.17, 15) is 18.0 Å². The van der Waals surface area contributed by atoms with E-state index in [1.165, 1.54) is 30.1 Å². The second kappa shape index (κ2) is 12.3. The Morgan fingerprint density at radius 1 is 1.10 bits per heavy atom. The average molecular weight is 536 g/mol. The molecule has 0 aromatic heterocycles. The number of ether oxygens (including phenoxy) is 1. The van der Waals surface area contributed by atoms with E-state index in [0.29, 0.717) is 18.1 Å². The van der Waals surface area contributed by atoms with Gasteiger partial charge in [0.2, 0.25) is 0 Å². The zero-order chi connectivity index (χ0) is 21.4.